The number of carbonyl (C=O) groups excluding carboxylic acids is 1. The van der Waals surface area contributed by atoms with Gasteiger partial charge in [0, 0.05) is 17.5 Å². The van der Waals surface area contributed by atoms with Crippen molar-refractivity contribution in [3.63, 3.8) is 0 Å². The molecule has 198 valence electrons. The maximum absolute atomic E-state index is 12.3. The summed E-state index contributed by atoms with van der Waals surface area (Å²) in [6, 6.07) is 0. The number of hydrogen-bond donors (Lipinski definition) is 2. The van der Waals surface area contributed by atoms with E-state index in [1.54, 1.807) is 36.6 Å². The smallest absolute Gasteiger partial charge is 0.251 e. The average molecular weight is 494 g/mol. The van der Waals surface area contributed by atoms with Crippen molar-refractivity contribution in [1.82, 2.24) is 5.32 Å². The number of ether oxygens (including phenoxy) is 1. The molecule has 0 bridgehead atoms. The van der Waals surface area contributed by atoms with Gasteiger partial charge in [-0.15, -0.1) is 6.58 Å². The van der Waals surface area contributed by atoms with E-state index in [9.17, 15) is 4.79 Å². The maximum Gasteiger partial charge on any atom is 0.251 e. The van der Waals surface area contributed by atoms with E-state index in [0.29, 0.717) is 24.3 Å². The Balaban J connectivity index is -0.000000226. The van der Waals surface area contributed by atoms with Crippen LogP contribution in [-0.4, -0.2) is 30.9 Å². The standard InChI is InChI=1S/C20H25NO2.C3H6.2C2H6.CH4S.2CH4/c1-5-9-15(7-3)19(22)21-14-20(16(8-4)10-6-2)12-11-17-18(13-20)23-17;1-3-2;3*1-2;;/h5-10,17-18H,1-4,11-14H2,(H,21,22);3H,1H2,2H3;2*1-2H3;2H,1H3;2*1H4/b15-9+,16-10+;;;;;;. The largest absolute Gasteiger partial charge is 0.370 e. The summed E-state index contributed by atoms with van der Waals surface area (Å²) in [5, 5.41) is 3.04. The topological polar surface area (TPSA) is 41.6 Å². The van der Waals surface area contributed by atoms with E-state index in [4.69, 9.17) is 4.74 Å². The highest BCUT2D eigenvalue weighted by Crippen LogP contribution is 2.50. The summed E-state index contributed by atoms with van der Waals surface area (Å²) >= 11 is 3.53. The van der Waals surface area contributed by atoms with Gasteiger partial charge in [0.1, 0.15) is 0 Å². The third-order valence-electron chi connectivity index (χ3n) is 4.68. The van der Waals surface area contributed by atoms with Gasteiger partial charge < -0.3 is 10.1 Å². The van der Waals surface area contributed by atoms with Gasteiger partial charge in [-0.3, -0.25) is 4.79 Å². The minimum absolute atomic E-state index is 0. The fourth-order valence-corrected chi connectivity index (χ4v) is 3.35. The molecule has 34 heavy (non-hydrogen) atoms. The second kappa shape index (κ2) is 27.2. The molecule has 3 nitrogen and oxygen atoms in total. The van der Waals surface area contributed by atoms with Crippen molar-refractivity contribution >= 4 is 18.5 Å². The van der Waals surface area contributed by atoms with Crippen molar-refractivity contribution in [3.05, 3.63) is 86.6 Å². The van der Waals surface area contributed by atoms with Crippen LogP contribution in [0.1, 0.15) is 68.7 Å². The highest BCUT2D eigenvalue weighted by molar-refractivity contribution is 7.79. The summed E-state index contributed by atoms with van der Waals surface area (Å²) in [4.78, 5) is 12.3. The Morgan fingerprint density at radius 3 is 1.85 bits per heavy atom. The van der Waals surface area contributed by atoms with Crippen LogP contribution in [0.4, 0.5) is 0 Å². The average Bonchev–Trinajstić information content (AvgIpc) is 3.62. The Kier molecular flexibility index (Phi) is 33.7. The molecule has 1 aliphatic heterocycles. The molecule has 1 N–H and O–H groups in total. The Morgan fingerprint density at radius 1 is 0.971 bits per heavy atom. The van der Waals surface area contributed by atoms with E-state index in [2.05, 4.69) is 50.8 Å². The fraction of sp³-hybridized carbons (Fsp3) is 0.500. The predicted molar refractivity (Wildman–Crippen MR) is 162 cm³/mol. The van der Waals surface area contributed by atoms with Gasteiger partial charge in [0.25, 0.3) is 5.91 Å². The van der Waals surface area contributed by atoms with Gasteiger partial charge in [0.05, 0.1) is 12.2 Å². The second-order valence-electron chi connectivity index (χ2n) is 6.45. The molecule has 0 aromatic heterocycles. The van der Waals surface area contributed by atoms with Crippen molar-refractivity contribution in [2.75, 3.05) is 12.8 Å². The zero-order valence-electron chi connectivity index (χ0n) is 21.3. The maximum atomic E-state index is 12.3. The quantitative estimate of drug-likeness (QED) is 0.117. The molecule has 2 aliphatic rings. The first-order valence-electron chi connectivity index (χ1n) is 11.4. The molecule has 1 heterocycles. The first-order valence-corrected chi connectivity index (χ1v) is 12.3. The second-order valence-corrected chi connectivity index (χ2v) is 6.45. The highest BCUT2D eigenvalue weighted by atomic mass is 32.1. The van der Waals surface area contributed by atoms with Crippen LogP contribution in [0.25, 0.3) is 0 Å². The molecule has 0 spiro atoms. The molecule has 4 heteroatoms. The Morgan fingerprint density at radius 2 is 1.47 bits per heavy atom. The molecule has 1 aliphatic carbocycles. The third-order valence-corrected chi connectivity index (χ3v) is 4.68. The van der Waals surface area contributed by atoms with Crippen molar-refractivity contribution < 1.29 is 9.53 Å². The Hall–Kier alpha value is -2.04. The third kappa shape index (κ3) is 15.0. The number of hydrogen-bond acceptors (Lipinski definition) is 3. The number of thiol groups is 1. The Bertz CT molecular complexity index is 634. The van der Waals surface area contributed by atoms with Crippen LogP contribution >= 0.6 is 12.6 Å². The number of allylic oxidation sites excluding steroid dienone is 6. The van der Waals surface area contributed by atoms with Gasteiger partial charge in [-0.25, -0.2) is 0 Å². The highest BCUT2D eigenvalue weighted by Gasteiger charge is 2.51. The summed E-state index contributed by atoms with van der Waals surface area (Å²) in [6.07, 6.45) is 17.4. The number of amides is 1. The van der Waals surface area contributed by atoms with Crippen molar-refractivity contribution in [2.24, 2.45) is 5.41 Å². The van der Waals surface area contributed by atoms with E-state index in [1.165, 1.54) is 0 Å². The number of fused-ring (bicyclic) bond motifs is 1. The molecule has 2 fully saturated rings. The molecule has 1 amide bonds. The fourth-order valence-electron chi connectivity index (χ4n) is 3.35. The normalized spacial score (nSPS) is 21.1. The van der Waals surface area contributed by atoms with E-state index in [1.807, 2.05) is 46.8 Å². The molecule has 3 unspecified atom stereocenters. The molecule has 1 saturated heterocycles. The molecule has 0 aromatic rings. The van der Waals surface area contributed by atoms with E-state index in [-0.39, 0.29) is 26.2 Å². The van der Waals surface area contributed by atoms with Crippen LogP contribution in [0, 0.1) is 5.41 Å². The van der Waals surface area contributed by atoms with Crippen LogP contribution in [0.3, 0.4) is 0 Å². The first kappa shape index (κ1) is 42.1. The van der Waals surface area contributed by atoms with Crippen LogP contribution < -0.4 is 5.32 Å². The molecule has 3 atom stereocenters. The van der Waals surface area contributed by atoms with Crippen LogP contribution in [0.15, 0.2) is 86.6 Å². The first-order chi connectivity index (χ1) is 15.5. The van der Waals surface area contributed by atoms with E-state index < -0.39 is 0 Å². The van der Waals surface area contributed by atoms with Gasteiger partial charge in [0.2, 0.25) is 0 Å². The number of carbonyl (C=O) groups is 1. The van der Waals surface area contributed by atoms with Crippen LogP contribution in [-0.2, 0) is 9.53 Å². The van der Waals surface area contributed by atoms with Gasteiger partial charge >= 0.3 is 0 Å². The number of nitrogens with one attached hydrogen (secondary N) is 1. The minimum Gasteiger partial charge on any atom is -0.370 e. The summed E-state index contributed by atoms with van der Waals surface area (Å²) < 4.78 is 5.68. The summed E-state index contributed by atoms with van der Waals surface area (Å²) in [6.45, 7) is 28.8. The lowest BCUT2D eigenvalue weighted by molar-refractivity contribution is -0.117. The zero-order chi connectivity index (χ0) is 25.6. The monoisotopic (exact) mass is 493 g/mol. The summed E-state index contributed by atoms with van der Waals surface area (Å²) in [5.74, 6) is -0.139. The van der Waals surface area contributed by atoms with E-state index in [0.717, 1.165) is 24.8 Å². The molecule has 1 saturated carbocycles. The zero-order valence-corrected chi connectivity index (χ0v) is 22.2. The molecule has 0 radical (unpaired) electrons. The van der Waals surface area contributed by atoms with Crippen molar-refractivity contribution in [3.8, 4) is 0 Å². The van der Waals surface area contributed by atoms with Gasteiger partial charge in [-0.05, 0) is 38.0 Å². The lowest BCUT2D eigenvalue weighted by atomic mass is 9.68. The SMILES string of the molecule is C.C.C=C/C=C(\C=C)C(=O)NCC1(/C(C=C)=C/C=C)CCC2OC2C1.C=CC.CC.CC.CS. The Labute approximate surface area is 218 Å². The lowest BCUT2D eigenvalue weighted by Crippen LogP contribution is -2.42. The van der Waals surface area contributed by atoms with Gasteiger partial charge in [-0.2, -0.15) is 12.6 Å². The van der Waals surface area contributed by atoms with Crippen LogP contribution in [0.5, 0.6) is 0 Å². The molecule has 0 aromatic carbocycles. The predicted octanol–water partition coefficient (Wildman–Crippen LogP) is 8.70. The minimum atomic E-state index is -0.149. The number of rotatable bonds is 8. The lowest BCUT2D eigenvalue weighted by Gasteiger charge is -2.37. The summed E-state index contributed by atoms with van der Waals surface area (Å²) in [5.41, 5.74) is 1.47. The molecule has 2 rings (SSSR count). The van der Waals surface area contributed by atoms with Gasteiger partial charge in [-0.1, -0.05) is 111 Å². The van der Waals surface area contributed by atoms with Crippen molar-refractivity contribution in [2.45, 2.75) is 80.9 Å². The van der Waals surface area contributed by atoms with Crippen molar-refractivity contribution in [1.29, 1.82) is 0 Å². The van der Waals surface area contributed by atoms with Gasteiger partial charge in [0.15, 0.2) is 0 Å². The molecular formula is C30H55NO2S. The van der Waals surface area contributed by atoms with E-state index >= 15 is 0 Å². The number of epoxide rings is 1. The van der Waals surface area contributed by atoms with Crippen LogP contribution in [0.2, 0.25) is 0 Å². The molecular weight excluding hydrogens is 438 g/mol. The summed E-state index contributed by atoms with van der Waals surface area (Å²) in [7, 11) is 0.